The van der Waals surface area contributed by atoms with Crippen LogP contribution in [0.4, 0.5) is 0 Å². The van der Waals surface area contributed by atoms with E-state index in [2.05, 4.69) is 57.3 Å². The molecule has 0 bridgehead atoms. The Morgan fingerprint density at radius 1 is 1.41 bits per heavy atom. The van der Waals surface area contributed by atoms with E-state index in [4.69, 9.17) is 0 Å². The van der Waals surface area contributed by atoms with Crippen molar-refractivity contribution >= 4 is 15.9 Å². The van der Waals surface area contributed by atoms with E-state index in [1.54, 1.807) is 0 Å². The minimum Gasteiger partial charge on any atom is -0.313 e. The van der Waals surface area contributed by atoms with Gasteiger partial charge in [-0.25, -0.2) is 0 Å². The van der Waals surface area contributed by atoms with Gasteiger partial charge >= 0.3 is 0 Å². The van der Waals surface area contributed by atoms with E-state index in [1.165, 1.54) is 36.0 Å². The van der Waals surface area contributed by atoms with Crippen molar-refractivity contribution in [3.05, 3.63) is 34.3 Å². The Morgan fingerprint density at radius 2 is 2.24 bits per heavy atom. The van der Waals surface area contributed by atoms with Crippen molar-refractivity contribution in [1.82, 2.24) is 10.2 Å². The van der Waals surface area contributed by atoms with Gasteiger partial charge in [0.25, 0.3) is 0 Å². The molecule has 1 N–H and O–H groups in total. The van der Waals surface area contributed by atoms with Gasteiger partial charge < -0.3 is 5.32 Å². The van der Waals surface area contributed by atoms with Gasteiger partial charge in [-0.3, -0.25) is 4.90 Å². The minimum atomic E-state index is 0.677. The van der Waals surface area contributed by atoms with E-state index in [1.807, 2.05) is 0 Å². The first-order valence-corrected chi connectivity index (χ1v) is 7.28. The molecule has 17 heavy (non-hydrogen) atoms. The van der Waals surface area contributed by atoms with Gasteiger partial charge in [-0.1, -0.05) is 41.1 Å². The van der Waals surface area contributed by atoms with Crippen LogP contribution in [0.15, 0.2) is 28.7 Å². The van der Waals surface area contributed by atoms with Crippen LogP contribution >= 0.6 is 15.9 Å². The second-order valence-electron chi connectivity index (χ2n) is 4.72. The molecule has 1 aromatic carbocycles. The zero-order chi connectivity index (χ0) is 12.1. The Morgan fingerprint density at radius 3 is 3.00 bits per heavy atom. The number of likely N-dealkylation sites (tertiary alicyclic amines) is 1. The highest BCUT2D eigenvalue weighted by molar-refractivity contribution is 9.10. The Kier molecular flexibility index (Phi) is 5.01. The summed E-state index contributed by atoms with van der Waals surface area (Å²) in [5.41, 5.74) is 1.39. The van der Waals surface area contributed by atoms with Crippen molar-refractivity contribution in [1.29, 1.82) is 0 Å². The molecule has 1 heterocycles. The van der Waals surface area contributed by atoms with E-state index in [0.29, 0.717) is 6.04 Å². The molecule has 0 spiro atoms. The van der Waals surface area contributed by atoms with Crippen LogP contribution in [-0.2, 0) is 6.54 Å². The first-order valence-electron chi connectivity index (χ1n) is 6.48. The average molecular weight is 297 g/mol. The number of nitrogens with zero attached hydrogens (tertiary/aromatic N) is 1. The molecule has 1 unspecified atom stereocenters. The van der Waals surface area contributed by atoms with Gasteiger partial charge in [-0.2, -0.15) is 0 Å². The van der Waals surface area contributed by atoms with E-state index in [9.17, 15) is 0 Å². The summed E-state index contributed by atoms with van der Waals surface area (Å²) in [7, 11) is 0. The highest BCUT2D eigenvalue weighted by atomic mass is 79.9. The van der Waals surface area contributed by atoms with Gasteiger partial charge in [-0.15, -0.1) is 0 Å². The average Bonchev–Trinajstić information content (AvgIpc) is 2.33. The molecule has 1 aliphatic heterocycles. The molecule has 0 aliphatic carbocycles. The van der Waals surface area contributed by atoms with E-state index in [-0.39, 0.29) is 0 Å². The van der Waals surface area contributed by atoms with Gasteiger partial charge in [-0.05, 0) is 37.6 Å². The van der Waals surface area contributed by atoms with Crippen molar-refractivity contribution in [2.45, 2.75) is 32.4 Å². The van der Waals surface area contributed by atoms with Crippen LogP contribution in [0.5, 0.6) is 0 Å². The SMILES string of the molecule is CCNC1CCCN(Cc2ccccc2Br)C1. The molecule has 94 valence electrons. The first-order chi connectivity index (χ1) is 8.29. The van der Waals surface area contributed by atoms with Crippen LogP contribution in [0.3, 0.4) is 0 Å². The monoisotopic (exact) mass is 296 g/mol. The fourth-order valence-electron chi connectivity index (χ4n) is 2.52. The van der Waals surface area contributed by atoms with Crippen LogP contribution in [-0.4, -0.2) is 30.6 Å². The van der Waals surface area contributed by atoms with Gasteiger partial charge in [0, 0.05) is 23.6 Å². The smallest absolute Gasteiger partial charge is 0.0245 e. The molecular weight excluding hydrogens is 276 g/mol. The second kappa shape index (κ2) is 6.53. The predicted octanol–water partition coefficient (Wildman–Crippen LogP) is 3.02. The second-order valence-corrected chi connectivity index (χ2v) is 5.58. The summed E-state index contributed by atoms with van der Waals surface area (Å²) in [5, 5.41) is 3.56. The summed E-state index contributed by atoms with van der Waals surface area (Å²) in [6, 6.07) is 9.20. The molecule has 1 saturated heterocycles. The minimum absolute atomic E-state index is 0.677. The van der Waals surface area contributed by atoms with Crippen LogP contribution in [0, 0.1) is 0 Å². The molecule has 1 aromatic rings. The number of hydrogen-bond donors (Lipinski definition) is 1. The molecule has 0 saturated carbocycles. The Bertz CT molecular complexity index is 352. The molecular formula is C14H21BrN2. The maximum atomic E-state index is 3.63. The number of hydrogen-bond acceptors (Lipinski definition) is 2. The number of benzene rings is 1. The quantitative estimate of drug-likeness (QED) is 0.919. The number of halogens is 1. The van der Waals surface area contributed by atoms with Crippen LogP contribution < -0.4 is 5.32 Å². The lowest BCUT2D eigenvalue weighted by atomic mass is 10.0. The van der Waals surface area contributed by atoms with E-state index in [0.717, 1.165) is 13.1 Å². The van der Waals surface area contributed by atoms with E-state index < -0.39 is 0 Å². The van der Waals surface area contributed by atoms with Crippen molar-refractivity contribution in [2.24, 2.45) is 0 Å². The lowest BCUT2D eigenvalue weighted by Crippen LogP contribution is -2.45. The molecule has 0 radical (unpaired) electrons. The topological polar surface area (TPSA) is 15.3 Å². The van der Waals surface area contributed by atoms with Crippen molar-refractivity contribution in [2.75, 3.05) is 19.6 Å². The third kappa shape index (κ3) is 3.80. The van der Waals surface area contributed by atoms with Gasteiger partial charge in [0.1, 0.15) is 0 Å². The van der Waals surface area contributed by atoms with Crippen molar-refractivity contribution < 1.29 is 0 Å². The zero-order valence-corrected chi connectivity index (χ0v) is 12.0. The lowest BCUT2D eigenvalue weighted by molar-refractivity contribution is 0.184. The molecule has 3 heteroatoms. The summed E-state index contributed by atoms with van der Waals surface area (Å²) in [4.78, 5) is 2.55. The van der Waals surface area contributed by atoms with E-state index >= 15 is 0 Å². The number of likely N-dealkylation sites (N-methyl/N-ethyl adjacent to an activating group) is 1. The largest absolute Gasteiger partial charge is 0.313 e. The maximum absolute atomic E-state index is 3.63. The molecule has 0 aromatic heterocycles. The molecule has 1 atom stereocenters. The van der Waals surface area contributed by atoms with Crippen LogP contribution in [0.2, 0.25) is 0 Å². The standard InChI is InChI=1S/C14H21BrN2/c1-2-16-13-7-5-9-17(11-13)10-12-6-3-4-8-14(12)15/h3-4,6,8,13,16H,2,5,7,9-11H2,1H3. The molecule has 2 rings (SSSR count). The lowest BCUT2D eigenvalue weighted by Gasteiger charge is -2.33. The molecule has 2 nitrogen and oxygen atoms in total. The zero-order valence-electron chi connectivity index (χ0n) is 10.5. The highest BCUT2D eigenvalue weighted by Crippen LogP contribution is 2.20. The summed E-state index contributed by atoms with van der Waals surface area (Å²) in [6.45, 7) is 6.72. The normalized spacial score (nSPS) is 21.6. The fraction of sp³-hybridized carbons (Fsp3) is 0.571. The third-order valence-corrected chi connectivity index (χ3v) is 4.12. The fourth-order valence-corrected chi connectivity index (χ4v) is 2.93. The third-order valence-electron chi connectivity index (χ3n) is 3.35. The van der Waals surface area contributed by atoms with Crippen molar-refractivity contribution in [3.8, 4) is 0 Å². The van der Waals surface area contributed by atoms with Crippen LogP contribution in [0.1, 0.15) is 25.3 Å². The summed E-state index contributed by atoms with van der Waals surface area (Å²) >= 11 is 3.63. The number of nitrogens with one attached hydrogen (secondary N) is 1. The highest BCUT2D eigenvalue weighted by Gasteiger charge is 2.19. The Hall–Kier alpha value is -0.380. The predicted molar refractivity (Wildman–Crippen MR) is 76.1 cm³/mol. The Labute approximate surface area is 113 Å². The molecule has 1 aliphatic rings. The molecule has 1 fully saturated rings. The Balaban J connectivity index is 1.92. The number of rotatable bonds is 4. The first kappa shape index (κ1) is 13.1. The van der Waals surface area contributed by atoms with Gasteiger partial charge in [0.15, 0.2) is 0 Å². The van der Waals surface area contributed by atoms with Crippen LogP contribution in [0.25, 0.3) is 0 Å². The number of piperidine rings is 1. The molecule has 0 amide bonds. The van der Waals surface area contributed by atoms with Gasteiger partial charge in [0.2, 0.25) is 0 Å². The maximum Gasteiger partial charge on any atom is 0.0245 e. The van der Waals surface area contributed by atoms with Crippen molar-refractivity contribution in [3.63, 3.8) is 0 Å². The summed E-state index contributed by atoms with van der Waals surface area (Å²) in [5.74, 6) is 0. The summed E-state index contributed by atoms with van der Waals surface area (Å²) in [6.07, 6.45) is 2.63. The summed E-state index contributed by atoms with van der Waals surface area (Å²) < 4.78 is 1.23. The van der Waals surface area contributed by atoms with Gasteiger partial charge in [0.05, 0.1) is 0 Å².